The van der Waals surface area contributed by atoms with E-state index in [9.17, 15) is 0 Å². The fourth-order valence-electron chi connectivity index (χ4n) is 2.15. The Hall–Kier alpha value is -1.80. The van der Waals surface area contributed by atoms with Crippen molar-refractivity contribution in [1.82, 2.24) is 5.32 Å². The zero-order valence-corrected chi connectivity index (χ0v) is 13.4. The van der Waals surface area contributed by atoms with Gasteiger partial charge in [0.15, 0.2) is 0 Å². The van der Waals surface area contributed by atoms with E-state index in [0.717, 1.165) is 12.3 Å². The van der Waals surface area contributed by atoms with Gasteiger partial charge in [-0.25, -0.2) is 0 Å². The lowest BCUT2D eigenvalue weighted by Crippen LogP contribution is -2.35. The number of nitrogens with one attached hydrogen (secondary N) is 1. The van der Waals surface area contributed by atoms with Crippen molar-refractivity contribution in [2.75, 3.05) is 0 Å². The van der Waals surface area contributed by atoms with Crippen LogP contribution in [0.1, 0.15) is 37.5 Å². The summed E-state index contributed by atoms with van der Waals surface area (Å²) >= 11 is 0. The minimum atomic E-state index is 0.0977. The molecule has 0 unspecified atom stereocenters. The lowest BCUT2D eigenvalue weighted by atomic mass is 10.1. The van der Waals surface area contributed by atoms with Crippen LogP contribution in [0.4, 0.5) is 0 Å². The van der Waals surface area contributed by atoms with Crippen molar-refractivity contribution in [3.05, 3.63) is 65.2 Å². The number of ether oxygens (including phenoxy) is 1. The summed E-state index contributed by atoms with van der Waals surface area (Å²) in [4.78, 5) is 0. The number of hydrogen-bond acceptors (Lipinski definition) is 2. The van der Waals surface area contributed by atoms with Crippen molar-refractivity contribution in [2.24, 2.45) is 0 Å². The fourth-order valence-corrected chi connectivity index (χ4v) is 2.15. The van der Waals surface area contributed by atoms with Crippen LogP contribution in [-0.2, 0) is 13.2 Å². The minimum absolute atomic E-state index is 0.0977. The van der Waals surface area contributed by atoms with E-state index in [1.165, 1.54) is 16.7 Å². The van der Waals surface area contributed by atoms with E-state index in [1.807, 2.05) is 18.2 Å². The SMILES string of the molecule is Cc1cccc(CNC(C)(C)C)c1OCc1ccccc1. The molecule has 0 saturated carbocycles. The second-order valence-corrected chi connectivity index (χ2v) is 6.44. The molecule has 0 aromatic heterocycles. The van der Waals surface area contributed by atoms with Crippen LogP contribution in [0.5, 0.6) is 5.75 Å². The fraction of sp³-hybridized carbons (Fsp3) is 0.368. The first-order valence-electron chi connectivity index (χ1n) is 7.46. The summed E-state index contributed by atoms with van der Waals surface area (Å²) in [5.41, 5.74) is 3.68. The van der Waals surface area contributed by atoms with Crippen molar-refractivity contribution in [3.63, 3.8) is 0 Å². The Morgan fingerprint density at radius 3 is 2.33 bits per heavy atom. The molecule has 2 aromatic carbocycles. The van der Waals surface area contributed by atoms with E-state index in [1.54, 1.807) is 0 Å². The van der Waals surface area contributed by atoms with Crippen molar-refractivity contribution >= 4 is 0 Å². The molecule has 2 rings (SSSR count). The molecule has 0 aliphatic carbocycles. The van der Waals surface area contributed by atoms with Gasteiger partial charge in [0.2, 0.25) is 0 Å². The monoisotopic (exact) mass is 283 g/mol. The van der Waals surface area contributed by atoms with Gasteiger partial charge in [-0.2, -0.15) is 0 Å². The van der Waals surface area contributed by atoms with Gasteiger partial charge in [-0.3, -0.25) is 0 Å². The summed E-state index contributed by atoms with van der Waals surface area (Å²) < 4.78 is 6.08. The second kappa shape index (κ2) is 6.77. The van der Waals surface area contributed by atoms with Gasteiger partial charge in [0, 0.05) is 17.6 Å². The predicted octanol–water partition coefficient (Wildman–Crippen LogP) is 4.46. The molecule has 0 radical (unpaired) electrons. The van der Waals surface area contributed by atoms with Crippen LogP contribution >= 0.6 is 0 Å². The van der Waals surface area contributed by atoms with Gasteiger partial charge >= 0.3 is 0 Å². The summed E-state index contributed by atoms with van der Waals surface area (Å²) in [5.74, 6) is 0.998. The third-order valence-electron chi connectivity index (χ3n) is 3.33. The van der Waals surface area contributed by atoms with Crippen molar-refractivity contribution < 1.29 is 4.74 Å². The van der Waals surface area contributed by atoms with Crippen LogP contribution in [0.25, 0.3) is 0 Å². The molecule has 112 valence electrons. The molecule has 0 atom stereocenters. The minimum Gasteiger partial charge on any atom is -0.488 e. The Morgan fingerprint density at radius 1 is 0.952 bits per heavy atom. The highest BCUT2D eigenvalue weighted by Gasteiger charge is 2.12. The zero-order chi connectivity index (χ0) is 15.3. The van der Waals surface area contributed by atoms with Gasteiger partial charge in [0.05, 0.1) is 0 Å². The largest absolute Gasteiger partial charge is 0.488 e. The normalized spacial score (nSPS) is 11.4. The molecule has 0 aliphatic heterocycles. The maximum absolute atomic E-state index is 6.08. The first kappa shape index (κ1) is 15.6. The molecule has 0 spiro atoms. The van der Waals surface area contributed by atoms with E-state index in [-0.39, 0.29) is 5.54 Å². The van der Waals surface area contributed by atoms with Crippen LogP contribution < -0.4 is 10.1 Å². The average Bonchev–Trinajstić information content (AvgIpc) is 2.44. The Labute approximate surface area is 128 Å². The number of benzene rings is 2. The van der Waals surface area contributed by atoms with Gasteiger partial charge in [0.25, 0.3) is 0 Å². The molecule has 1 N–H and O–H groups in total. The van der Waals surface area contributed by atoms with Crippen molar-refractivity contribution in [1.29, 1.82) is 0 Å². The average molecular weight is 283 g/mol. The molecule has 0 fully saturated rings. The standard InChI is InChI=1S/C19H25NO/c1-15-9-8-12-17(13-20-19(2,3)4)18(15)21-14-16-10-6-5-7-11-16/h5-12,20H,13-14H2,1-4H3. The van der Waals surface area contributed by atoms with Crippen LogP contribution in [0.2, 0.25) is 0 Å². The molecule has 0 amide bonds. The third kappa shape index (κ3) is 4.91. The van der Waals surface area contributed by atoms with E-state index in [2.05, 4.69) is 63.3 Å². The summed E-state index contributed by atoms with van der Waals surface area (Å²) in [5, 5.41) is 3.52. The molecule has 2 heteroatoms. The predicted molar refractivity (Wildman–Crippen MR) is 88.5 cm³/mol. The molecule has 0 bridgehead atoms. The summed E-state index contributed by atoms with van der Waals surface area (Å²) in [6, 6.07) is 16.6. The third-order valence-corrected chi connectivity index (χ3v) is 3.33. The molecular weight excluding hydrogens is 258 g/mol. The Balaban J connectivity index is 2.10. The second-order valence-electron chi connectivity index (χ2n) is 6.44. The van der Waals surface area contributed by atoms with E-state index in [0.29, 0.717) is 6.61 Å². The van der Waals surface area contributed by atoms with Crippen molar-refractivity contribution in [2.45, 2.75) is 46.4 Å². The molecular formula is C19H25NO. The molecule has 21 heavy (non-hydrogen) atoms. The lowest BCUT2D eigenvalue weighted by Gasteiger charge is -2.22. The van der Waals surface area contributed by atoms with E-state index in [4.69, 9.17) is 4.74 Å². The highest BCUT2D eigenvalue weighted by atomic mass is 16.5. The van der Waals surface area contributed by atoms with Crippen LogP contribution in [-0.4, -0.2) is 5.54 Å². The lowest BCUT2D eigenvalue weighted by molar-refractivity contribution is 0.298. The number of aryl methyl sites for hydroxylation is 1. The molecule has 0 saturated heterocycles. The van der Waals surface area contributed by atoms with Crippen molar-refractivity contribution in [3.8, 4) is 5.75 Å². The summed E-state index contributed by atoms with van der Waals surface area (Å²) in [7, 11) is 0. The smallest absolute Gasteiger partial charge is 0.127 e. The number of hydrogen-bond donors (Lipinski definition) is 1. The molecule has 0 heterocycles. The molecule has 0 aliphatic rings. The quantitative estimate of drug-likeness (QED) is 0.874. The number of para-hydroxylation sites is 1. The van der Waals surface area contributed by atoms with Gasteiger partial charge in [-0.15, -0.1) is 0 Å². The molecule has 2 nitrogen and oxygen atoms in total. The Kier molecular flexibility index (Phi) is 5.03. The van der Waals surface area contributed by atoms with E-state index >= 15 is 0 Å². The summed E-state index contributed by atoms with van der Waals surface area (Å²) in [6.45, 7) is 10.0. The maximum atomic E-state index is 6.08. The number of rotatable bonds is 5. The van der Waals surface area contributed by atoms with Gasteiger partial charge in [-0.05, 0) is 38.8 Å². The van der Waals surface area contributed by atoms with Crippen LogP contribution in [0.3, 0.4) is 0 Å². The summed E-state index contributed by atoms with van der Waals surface area (Å²) in [6.07, 6.45) is 0. The van der Waals surface area contributed by atoms with E-state index < -0.39 is 0 Å². The first-order chi connectivity index (χ1) is 9.96. The van der Waals surface area contributed by atoms with Crippen LogP contribution in [0, 0.1) is 6.92 Å². The zero-order valence-electron chi connectivity index (χ0n) is 13.4. The van der Waals surface area contributed by atoms with Gasteiger partial charge in [-0.1, -0.05) is 48.5 Å². The molecule has 2 aromatic rings. The Morgan fingerprint density at radius 2 is 1.67 bits per heavy atom. The highest BCUT2D eigenvalue weighted by molar-refractivity contribution is 5.41. The maximum Gasteiger partial charge on any atom is 0.127 e. The van der Waals surface area contributed by atoms with Gasteiger partial charge in [0.1, 0.15) is 12.4 Å². The Bertz CT molecular complexity index is 570. The van der Waals surface area contributed by atoms with Crippen LogP contribution in [0.15, 0.2) is 48.5 Å². The highest BCUT2D eigenvalue weighted by Crippen LogP contribution is 2.25. The topological polar surface area (TPSA) is 21.3 Å². The van der Waals surface area contributed by atoms with Gasteiger partial charge < -0.3 is 10.1 Å². The first-order valence-corrected chi connectivity index (χ1v) is 7.46.